The number of aromatic nitrogens is 2. The predicted octanol–water partition coefficient (Wildman–Crippen LogP) is 4.34. The second-order valence-electron chi connectivity index (χ2n) is 9.84. The van der Waals surface area contributed by atoms with E-state index in [9.17, 15) is 9.59 Å². The monoisotopic (exact) mass is 442 g/mol. The van der Waals surface area contributed by atoms with Gasteiger partial charge in [-0.15, -0.1) is 0 Å². The summed E-state index contributed by atoms with van der Waals surface area (Å²) in [6, 6.07) is 2.35. The van der Waals surface area contributed by atoms with E-state index in [1.165, 1.54) is 26.9 Å². The van der Waals surface area contributed by atoms with Crippen LogP contribution >= 0.6 is 0 Å². The number of methoxy groups -OCH3 is 1. The Morgan fingerprint density at radius 2 is 2.12 bits per heavy atom. The summed E-state index contributed by atoms with van der Waals surface area (Å²) in [6.45, 7) is 7.26. The number of rotatable bonds is 6. The van der Waals surface area contributed by atoms with Crippen molar-refractivity contribution < 1.29 is 19.1 Å². The fraction of sp³-hybridized carbons (Fsp3) is 0.625. The van der Waals surface area contributed by atoms with Gasteiger partial charge in [0.05, 0.1) is 37.3 Å². The molecule has 0 aromatic carbocycles. The number of hydrogen-bond donors (Lipinski definition) is 2. The van der Waals surface area contributed by atoms with Gasteiger partial charge in [-0.05, 0) is 43.6 Å². The highest BCUT2D eigenvalue weighted by Crippen LogP contribution is 2.38. The lowest BCUT2D eigenvalue weighted by molar-refractivity contribution is -0.114. The first-order chi connectivity index (χ1) is 15.3. The van der Waals surface area contributed by atoms with Gasteiger partial charge in [-0.2, -0.15) is 0 Å². The van der Waals surface area contributed by atoms with Crippen LogP contribution in [0.3, 0.4) is 0 Å². The summed E-state index contributed by atoms with van der Waals surface area (Å²) in [5, 5.41) is 7.20. The van der Waals surface area contributed by atoms with Crippen molar-refractivity contribution in [2.75, 3.05) is 24.4 Å². The number of nitrogens with zero attached hydrogens (tertiary/aromatic N) is 2. The second-order valence-corrected chi connectivity index (χ2v) is 9.84. The van der Waals surface area contributed by atoms with Crippen LogP contribution in [0.15, 0.2) is 12.3 Å². The number of anilines is 2. The number of esters is 1. The standard InChI is InChI=1S/C24H34N4O4/c1-15(29)26-20-19-11-17(27-16-7-5-9-24(2,3)12-16)13-25-22(19)28(21(20)23(30)31-4)14-18-8-6-10-32-18/h11,13,16,18,27H,5-10,12,14H2,1-4H3,(H,26,29)/t16-,18+/m1/s1. The highest BCUT2D eigenvalue weighted by Gasteiger charge is 2.30. The average molecular weight is 443 g/mol. The van der Waals surface area contributed by atoms with Gasteiger partial charge in [0.15, 0.2) is 5.69 Å². The Labute approximate surface area is 189 Å². The minimum absolute atomic E-state index is 0.00301. The first-order valence-electron chi connectivity index (χ1n) is 11.5. The zero-order valence-corrected chi connectivity index (χ0v) is 19.5. The molecule has 0 radical (unpaired) electrons. The molecule has 1 saturated carbocycles. The van der Waals surface area contributed by atoms with Crippen molar-refractivity contribution in [3.8, 4) is 0 Å². The van der Waals surface area contributed by atoms with E-state index in [0.717, 1.165) is 43.4 Å². The Balaban J connectivity index is 1.75. The number of pyridine rings is 1. The maximum atomic E-state index is 12.8. The fourth-order valence-electron chi connectivity index (χ4n) is 5.14. The van der Waals surface area contributed by atoms with Gasteiger partial charge in [0.1, 0.15) is 5.65 Å². The lowest BCUT2D eigenvalue weighted by atomic mass is 9.75. The molecular formula is C24H34N4O4. The van der Waals surface area contributed by atoms with Gasteiger partial charge >= 0.3 is 5.97 Å². The van der Waals surface area contributed by atoms with E-state index in [4.69, 9.17) is 14.5 Å². The Kier molecular flexibility index (Phi) is 6.42. The largest absolute Gasteiger partial charge is 0.464 e. The third-order valence-electron chi connectivity index (χ3n) is 6.56. The molecule has 0 spiro atoms. The Hall–Kier alpha value is -2.61. The summed E-state index contributed by atoms with van der Waals surface area (Å²) < 4.78 is 12.7. The number of ether oxygens (including phenoxy) is 2. The SMILES string of the molecule is COC(=O)c1c(NC(C)=O)c2cc(N[C@@H]3CCCC(C)(C)C3)cnc2n1C[C@@H]1CCCO1. The number of hydrogen-bond acceptors (Lipinski definition) is 6. The molecule has 174 valence electrons. The van der Waals surface area contributed by atoms with Crippen LogP contribution in [-0.2, 0) is 20.8 Å². The number of nitrogens with one attached hydrogen (secondary N) is 2. The van der Waals surface area contributed by atoms with Gasteiger partial charge < -0.3 is 24.7 Å². The average Bonchev–Trinajstić information content (AvgIpc) is 3.33. The predicted molar refractivity (Wildman–Crippen MR) is 124 cm³/mol. The van der Waals surface area contributed by atoms with Crippen molar-refractivity contribution in [3.63, 3.8) is 0 Å². The summed E-state index contributed by atoms with van der Waals surface area (Å²) in [5.74, 6) is -0.757. The van der Waals surface area contributed by atoms with E-state index in [-0.39, 0.29) is 12.0 Å². The molecule has 2 aliphatic rings. The van der Waals surface area contributed by atoms with Crippen molar-refractivity contribution in [1.29, 1.82) is 0 Å². The van der Waals surface area contributed by atoms with E-state index in [0.29, 0.717) is 35.0 Å². The van der Waals surface area contributed by atoms with Crippen LogP contribution in [0.1, 0.15) is 69.8 Å². The zero-order valence-electron chi connectivity index (χ0n) is 19.5. The van der Waals surface area contributed by atoms with Crippen LogP contribution in [0, 0.1) is 5.41 Å². The van der Waals surface area contributed by atoms with Crippen molar-refractivity contribution in [1.82, 2.24) is 9.55 Å². The maximum Gasteiger partial charge on any atom is 0.356 e. The minimum Gasteiger partial charge on any atom is -0.464 e. The summed E-state index contributed by atoms with van der Waals surface area (Å²) >= 11 is 0. The molecule has 2 N–H and O–H groups in total. The molecule has 1 aliphatic heterocycles. The second kappa shape index (κ2) is 9.10. The van der Waals surface area contributed by atoms with Gasteiger partial charge in [-0.3, -0.25) is 4.79 Å². The smallest absolute Gasteiger partial charge is 0.356 e. The quantitative estimate of drug-likeness (QED) is 0.646. The molecule has 0 bridgehead atoms. The molecule has 8 heteroatoms. The van der Waals surface area contributed by atoms with E-state index < -0.39 is 5.97 Å². The van der Waals surface area contributed by atoms with Gasteiger partial charge in [0, 0.05) is 25.0 Å². The van der Waals surface area contributed by atoms with Gasteiger partial charge in [0.25, 0.3) is 0 Å². The Morgan fingerprint density at radius 1 is 1.31 bits per heavy atom. The highest BCUT2D eigenvalue weighted by molar-refractivity contribution is 6.11. The molecule has 1 aliphatic carbocycles. The Bertz CT molecular complexity index is 1010. The van der Waals surface area contributed by atoms with Crippen molar-refractivity contribution in [2.24, 2.45) is 5.41 Å². The van der Waals surface area contributed by atoms with Crippen molar-refractivity contribution in [3.05, 3.63) is 18.0 Å². The van der Waals surface area contributed by atoms with Crippen LogP contribution in [0.2, 0.25) is 0 Å². The topological polar surface area (TPSA) is 94.5 Å². The van der Waals surface area contributed by atoms with Crippen LogP contribution in [0.25, 0.3) is 11.0 Å². The van der Waals surface area contributed by atoms with Crippen molar-refractivity contribution in [2.45, 2.75) is 78.0 Å². The van der Waals surface area contributed by atoms with E-state index in [1.54, 1.807) is 0 Å². The minimum atomic E-state index is -0.506. The molecule has 1 amide bonds. The van der Waals surface area contributed by atoms with E-state index in [1.807, 2.05) is 16.8 Å². The highest BCUT2D eigenvalue weighted by atomic mass is 16.5. The van der Waals surface area contributed by atoms with Gasteiger partial charge in [-0.25, -0.2) is 9.78 Å². The number of carbonyl (C=O) groups is 2. The number of carbonyl (C=O) groups excluding carboxylic acids is 2. The summed E-state index contributed by atoms with van der Waals surface area (Å²) in [4.78, 5) is 29.5. The van der Waals surface area contributed by atoms with Crippen molar-refractivity contribution >= 4 is 34.3 Å². The summed E-state index contributed by atoms with van der Waals surface area (Å²) in [5.41, 5.74) is 2.59. The summed E-state index contributed by atoms with van der Waals surface area (Å²) in [7, 11) is 1.35. The zero-order chi connectivity index (χ0) is 22.9. The molecular weight excluding hydrogens is 408 g/mol. The normalized spacial score (nSPS) is 22.6. The van der Waals surface area contributed by atoms with Crippen LogP contribution in [-0.4, -0.2) is 47.3 Å². The third-order valence-corrected chi connectivity index (χ3v) is 6.56. The lowest BCUT2D eigenvalue weighted by Gasteiger charge is -2.36. The van der Waals surface area contributed by atoms with Crippen LogP contribution in [0.4, 0.5) is 11.4 Å². The van der Waals surface area contributed by atoms with Gasteiger partial charge in [-0.1, -0.05) is 20.3 Å². The third kappa shape index (κ3) is 4.75. The molecule has 3 heterocycles. The molecule has 0 unspecified atom stereocenters. The first-order valence-corrected chi connectivity index (χ1v) is 11.5. The molecule has 4 rings (SSSR count). The van der Waals surface area contributed by atoms with E-state index >= 15 is 0 Å². The lowest BCUT2D eigenvalue weighted by Crippen LogP contribution is -2.31. The fourth-order valence-corrected chi connectivity index (χ4v) is 5.14. The van der Waals surface area contributed by atoms with E-state index in [2.05, 4.69) is 24.5 Å². The molecule has 1 saturated heterocycles. The molecule has 2 aromatic heterocycles. The first kappa shape index (κ1) is 22.6. The Morgan fingerprint density at radius 3 is 2.78 bits per heavy atom. The molecule has 8 nitrogen and oxygen atoms in total. The molecule has 2 fully saturated rings. The summed E-state index contributed by atoms with van der Waals surface area (Å²) in [6.07, 6.45) is 8.38. The van der Waals surface area contributed by atoms with Crippen LogP contribution in [0.5, 0.6) is 0 Å². The number of fused-ring (bicyclic) bond motifs is 1. The van der Waals surface area contributed by atoms with Gasteiger partial charge in [0.2, 0.25) is 5.91 Å². The molecule has 2 atom stereocenters. The van der Waals surface area contributed by atoms with Crippen LogP contribution < -0.4 is 10.6 Å². The number of amides is 1. The maximum absolute atomic E-state index is 12.8. The molecule has 2 aromatic rings. The molecule has 32 heavy (non-hydrogen) atoms.